The molecule has 1 atom stereocenters. The Morgan fingerprint density at radius 1 is 1.57 bits per heavy atom. The maximum Gasteiger partial charge on any atom is 0.335 e. The van der Waals surface area contributed by atoms with Gasteiger partial charge in [0.2, 0.25) is 0 Å². The molecule has 1 unspecified atom stereocenters. The maximum absolute atomic E-state index is 10.9. The van der Waals surface area contributed by atoms with Crippen molar-refractivity contribution in [1.29, 1.82) is 0 Å². The fraction of sp³-hybridized carbons (Fsp3) is 0.300. The van der Waals surface area contributed by atoms with Crippen molar-refractivity contribution in [2.75, 3.05) is 7.11 Å². The SMILES string of the molecule is COC(=O)C(O)Cc1ccccc1Br. The normalized spacial score (nSPS) is 12.2. The minimum absolute atomic E-state index is 0.258. The summed E-state index contributed by atoms with van der Waals surface area (Å²) >= 11 is 3.33. The fourth-order valence-electron chi connectivity index (χ4n) is 1.09. The molecule has 1 rings (SSSR count). The summed E-state index contributed by atoms with van der Waals surface area (Å²) in [5.74, 6) is -0.610. The maximum atomic E-state index is 10.9. The third kappa shape index (κ3) is 2.82. The number of halogens is 1. The molecular weight excluding hydrogens is 248 g/mol. The van der Waals surface area contributed by atoms with E-state index in [1.807, 2.05) is 24.3 Å². The topological polar surface area (TPSA) is 46.5 Å². The Bertz CT molecular complexity index is 325. The van der Waals surface area contributed by atoms with Gasteiger partial charge in [0, 0.05) is 10.9 Å². The molecule has 0 radical (unpaired) electrons. The smallest absolute Gasteiger partial charge is 0.335 e. The van der Waals surface area contributed by atoms with Crippen LogP contribution < -0.4 is 0 Å². The van der Waals surface area contributed by atoms with E-state index < -0.39 is 12.1 Å². The molecule has 0 saturated heterocycles. The van der Waals surface area contributed by atoms with Crippen molar-refractivity contribution in [3.05, 3.63) is 34.3 Å². The molecule has 0 spiro atoms. The predicted molar refractivity (Wildman–Crippen MR) is 55.9 cm³/mol. The number of esters is 1. The van der Waals surface area contributed by atoms with Crippen LogP contribution in [0.3, 0.4) is 0 Å². The Hall–Kier alpha value is -0.870. The van der Waals surface area contributed by atoms with E-state index in [1.54, 1.807) is 0 Å². The van der Waals surface area contributed by atoms with Crippen LogP contribution >= 0.6 is 15.9 Å². The molecule has 0 fully saturated rings. The molecule has 4 heteroatoms. The highest BCUT2D eigenvalue weighted by atomic mass is 79.9. The Kier molecular flexibility index (Phi) is 4.10. The molecule has 0 aliphatic carbocycles. The molecule has 1 N–H and O–H groups in total. The third-order valence-electron chi connectivity index (χ3n) is 1.84. The average molecular weight is 259 g/mol. The summed E-state index contributed by atoms with van der Waals surface area (Å²) in [5.41, 5.74) is 0.880. The van der Waals surface area contributed by atoms with E-state index in [-0.39, 0.29) is 6.42 Å². The summed E-state index contributed by atoms with van der Waals surface area (Å²) in [6.07, 6.45) is -0.840. The van der Waals surface area contributed by atoms with Crippen LogP contribution in [0.1, 0.15) is 5.56 Å². The highest BCUT2D eigenvalue weighted by Gasteiger charge is 2.16. The van der Waals surface area contributed by atoms with Crippen molar-refractivity contribution in [3.8, 4) is 0 Å². The first-order valence-corrected chi connectivity index (χ1v) is 4.93. The van der Waals surface area contributed by atoms with Gasteiger partial charge in [0.1, 0.15) is 0 Å². The van der Waals surface area contributed by atoms with Gasteiger partial charge in [-0.15, -0.1) is 0 Å². The number of methoxy groups -OCH3 is 1. The van der Waals surface area contributed by atoms with Crippen molar-refractivity contribution in [1.82, 2.24) is 0 Å². The number of carbonyl (C=O) groups excluding carboxylic acids is 1. The van der Waals surface area contributed by atoms with Crippen molar-refractivity contribution in [2.45, 2.75) is 12.5 Å². The zero-order valence-electron chi connectivity index (χ0n) is 7.74. The minimum Gasteiger partial charge on any atom is -0.467 e. The van der Waals surface area contributed by atoms with E-state index in [1.165, 1.54) is 7.11 Å². The van der Waals surface area contributed by atoms with Gasteiger partial charge in [-0.25, -0.2) is 4.79 Å². The van der Waals surface area contributed by atoms with Crippen LogP contribution in [0, 0.1) is 0 Å². The molecule has 3 nitrogen and oxygen atoms in total. The van der Waals surface area contributed by atoms with Gasteiger partial charge in [-0.3, -0.25) is 0 Å². The first kappa shape index (κ1) is 11.2. The lowest BCUT2D eigenvalue weighted by molar-refractivity contribution is -0.150. The molecule has 1 aromatic carbocycles. The second kappa shape index (κ2) is 5.12. The lowest BCUT2D eigenvalue weighted by atomic mass is 10.1. The molecule has 0 amide bonds. The van der Waals surface area contributed by atoms with Gasteiger partial charge in [-0.2, -0.15) is 0 Å². The summed E-state index contributed by atoms with van der Waals surface area (Å²) in [6.45, 7) is 0. The van der Waals surface area contributed by atoms with Gasteiger partial charge in [0.05, 0.1) is 7.11 Å². The van der Waals surface area contributed by atoms with Gasteiger partial charge >= 0.3 is 5.97 Å². The summed E-state index contributed by atoms with van der Waals surface area (Å²) in [5, 5.41) is 9.40. The van der Waals surface area contributed by atoms with E-state index in [9.17, 15) is 9.90 Å². The monoisotopic (exact) mass is 258 g/mol. The van der Waals surface area contributed by atoms with E-state index in [4.69, 9.17) is 0 Å². The molecule has 0 aliphatic heterocycles. The highest BCUT2D eigenvalue weighted by Crippen LogP contribution is 2.17. The second-order valence-electron chi connectivity index (χ2n) is 2.83. The van der Waals surface area contributed by atoms with Crippen molar-refractivity contribution in [3.63, 3.8) is 0 Å². The number of ether oxygens (including phenoxy) is 1. The largest absolute Gasteiger partial charge is 0.467 e. The summed E-state index contributed by atoms with van der Waals surface area (Å²) in [6, 6.07) is 7.43. The van der Waals surface area contributed by atoms with Gasteiger partial charge < -0.3 is 9.84 Å². The Morgan fingerprint density at radius 3 is 2.79 bits per heavy atom. The zero-order chi connectivity index (χ0) is 10.6. The average Bonchev–Trinajstić information content (AvgIpc) is 2.20. The van der Waals surface area contributed by atoms with Crippen molar-refractivity contribution in [2.24, 2.45) is 0 Å². The molecule has 0 aliphatic rings. The number of aliphatic hydroxyl groups is 1. The Labute approximate surface area is 90.8 Å². The number of hydrogen-bond acceptors (Lipinski definition) is 3. The van der Waals surface area contributed by atoms with E-state index in [0.717, 1.165) is 10.0 Å². The molecule has 0 bridgehead atoms. The number of rotatable bonds is 3. The van der Waals surface area contributed by atoms with Gasteiger partial charge in [-0.05, 0) is 11.6 Å². The van der Waals surface area contributed by atoms with Gasteiger partial charge in [-0.1, -0.05) is 34.1 Å². The molecule has 0 saturated carbocycles. The lowest BCUT2D eigenvalue weighted by Gasteiger charge is -2.09. The predicted octanol–water partition coefficient (Wildman–Crippen LogP) is 1.53. The number of benzene rings is 1. The first-order chi connectivity index (χ1) is 6.65. The quantitative estimate of drug-likeness (QED) is 0.837. The number of aliphatic hydroxyl groups excluding tert-OH is 1. The van der Waals surface area contributed by atoms with E-state index in [0.29, 0.717) is 0 Å². The summed E-state index contributed by atoms with van der Waals surface area (Å²) in [4.78, 5) is 10.9. The molecule has 14 heavy (non-hydrogen) atoms. The minimum atomic E-state index is -1.10. The zero-order valence-corrected chi connectivity index (χ0v) is 9.32. The van der Waals surface area contributed by atoms with Crippen molar-refractivity contribution >= 4 is 21.9 Å². The third-order valence-corrected chi connectivity index (χ3v) is 2.62. The first-order valence-electron chi connectivity index (χ1n) is 4.14. The molecule has 0 heterocycles. The van der Waals surface area contributed by atoms with Crippen LogP contribution in [-0.4, -0.2) is 24.3 Å². The second-order valence-corrected chi connectivity index (χ2v) is 3.69. The lowest BCUT2D eigenvalue weighted by Crippen LogP contribution is -2.24. The van der Waals surface area contributed by atoms with Crippen LogP contribution in [0.15, 0.2) is 28.7 Å². The van der Waals surface area contributed by atoms with Crippen LogP contribution in [-0.2, 0) is 16.0 Å². The molecular formula is C10H11BrO3. The molecule has 76 valence electrons. The Balaban J connectivity index is 2.69. The van der Waals surface area contributed by atoms with E-state index in [2.05, 4.69) is 20.7 Å². The summed E-state index contributed by atoms with van der Waals surface area (Å²) < 4.78 is 5.30. The Morgan fingerprint density at radius 2 is 2.21 bits per heavy atom. The number of hydrogen-bond donors (Lipinski definition) is 1. The standard InChI is InChI=1S/C10H11BrO3/c1-14-10(13)9(12)6-7-4-2-3-5-8(7)11/h2-5,9,12H,6H2,1H3. The molecule has 1 aromatic rings. The van der Waals surface area contributed by atoms with E-state index >= 15 is 0 Å². The van der Waals surface area contributed by atoms with Gasteiger partial charge in [0.25, 0.3) is 0 Å². The summed E-state index contributed by atoms with van der Waals surface area (Å²) in [7, 11) is 1.26. The number of carbonyl (C=O) groups is 1. The van der Waals surface area contributed by atoms with Crippen LogP contribution in [0.5, 0.6) is 0 Å². The highest BCUT2D eigenvalue weighted by molar-refractivity contribution is 9.10. The van der Waals surface area contributed by atoms with Crippen LogP contribution in [0.25, 0.3) is 0 Å². The van der Waals surface area contributed by atoms with Gasteiger partial charge in [0.15, 0.2) is 6.10 Å². The van der Waals surface area contributed by atoms with Crippen LogP contribution in [0.2, 0.25) is 0 Å². The van der Waals surface area contributed by atoms with Crippen LogP contribution in [0.4, 0.5) is 0 Å². The fourth-order valence-corrected chi connectivity index (χ4v) is 1.54. The molecule has 0 aromatic heterocycles. The van der Waals surface area contributed by atoms with Crippen molar-refractivity contribution < 1.29 is 14.6 Å².